The van der Waals surface area contributed by atoms with Crippen molar-refractivity contribution in [2.24, 2.45) is 0 Å². The molecule has 0 radical (unpaired) electrons. The lowest BCUT2D eigenvalue weighted by atomic mass is 9.59. The summed E-state index contributed by atoms with van der Waals surface area (Å²) in [6.07, 6.45) is 0.488. The van der Waals surface area contributed by atoms with Gasteiger partial charge in [0.05, 0.1) is 12.6 Å². The Labute approximate surface area is 246 Å². The summed E-state index contributed by atoms with van der Waals surface area (Å²) in [4.78, 5) is 41.3. The number of rotatable bonds is 4. The van der Waals surface area contributed by atoms with Gasteiger partial charge in [-0.05, 0) is 53.6 Å². The average Bonchev–Trinajstić information content (AvgIpc) is 3.49. The van der Waals surface area contributed by atoms with Crippen LogP contribution in [0.2, 0.25) is 15.1 Å². The monoisotopic (exact) mass is 597 g/mol. The van der Waals surface area contributed by atoms with Crippen LogP contribution in [0, 0.1) is 0 Å². The molecule has 0 saturated carbocycles. The number of amides is 3. The molecule has 2 fully saturated rings. The van der Waals surface area contributed by atoms with E-state index < -0.39 is 17.4 Å². The molecule has 4 unspecified atom stereocenters. The second-order valence-electron chi connectivity index (χ2n) is 10.5. The fourth-order valence-electron chi connectivity index (χ4n) is 6.41. The van der Waals surface area contributed by atoms with Crippen molar-refractivity contribution in [2.45, 2.75) is 43.2 Å². The van der Waals surface area contributed by atoms with E-state index in [2.05, 4.69) is 10.6 Å². The summed E-state index contributed by atoms with van der Waals surface area (Å²) in [7, 11) is 0. The second-order valence-corrected chi connectivity index (χ2v) is 11.8. The van der Waals surface area contributed by atoms with E-state index in [9.17, 15) is 14.4 Å². The van der Waals surface area contributed by atoms with Crippen LogP contribution < -0.4 is 15.4 Å². The molecular formula is C30H26Cl3N3O4. The van der Waals surface area contributed by atoms with Crippen molar-refractivity contribution in [1.82, 2.24) is 10.2 Å². The first-order chi connectivity index (χ1) is 19.2. The minimum absolute atomic E-state index is 0.0109. The predicted molar refractivity (Wildman–Crippen MR) is 154 cm³/mol. The fourth-order valence-corrected chi connectivity index (χ4v) is 6.96. The van der Waals surface area contributed by atoms with Gasteiger partial charge in [0.25, 0.3) is 0 Å². The second kappa shape index (κ2) is 10.3. The molecule has 3 heterocycles. The van der Waals surface area contributed by atoms with Crippen molar-refractivity contribution >= 4 is 58.2 Å². The van der Waals surface area contributed by atoms with E-state index in [-0.39, 0.29) is 30.2 Å². The van der Waals surface area contributed by atoms with Crippen molar-refractivity contribution in [2.75, 3.05) is 18.4 Å². The number of carbonyl (C=O) groups is 3. The average molecular weight is 599 g/mol. The predicted octanol–water partition coefficient (Wildman–Crippen LogP) is 5.88. The molecule has 206 valence electrons. The number of piperidine rings is 1. The molecule has 3 aromatic rings. The summed E-state index contributed by atoms with van der Waals surface area (Å²) in [5.74, 6) is -0.562. The third-order valence-electron chi connectivity index (χ3n) is 8.17. The Balaban J connectivity index is 1.54. The van der Waals surface area contributed by atoms with Crippen molar-refractivity contribution in [1.29, 1.82) is 0 Å². The van der Waals surface area contributed by atoms with Gasteiger partial charge in [0.15, 0.2) is 0 Å². The Morgan fingerprint density at radius 3 is 2.50 bits per heavy atom. The van der Waals surface area contributed by atoms with E-state index >= 15 is 0 Å². The Morgan fingerprint density at radius 2 is 1.75 bits per heavy atom. The van der Waals surface area contributed by atoms with E-state index in [0.717, 1.165) is 5.56 Å². The Morgan fingerprint density at radius 1 is 1.00 bits per heavy atom. The van der Waals surface area contributed by atoms with Crippen LogP contribution in [0.1, 0.15) is 48.4 Å². The minimum Gasteiger partial charge on any atom is -0.488 e. The number of hydrogen-bond acceptors (Lipinski definition) is 4. The molecular weight excluding hydrogens is 573 g/mol. The van der Waals surface area contributed by atoms with Crippen LogP contribution in [0.5, 0.6) is 5.75 Å². The van der Waals surface area contributed by atoms with Gasteiger partial charge in [-0.15, -0.1) is 0 Å². The van der Waals surface area contributed by atoms with E-state index in [4.69, 9.17) is 39.5 Å². The molecule has 2 saturated heterocycles. The van der Waals surface area contributed by atoms with E-state index in [1.807, 2.05) is 18.2 Å². The molecule has 3 amide bonds. The number of nitrogens with one attached hydrogen (secondary N) is 2. The topological polar surface area (TPSA) is 87.7 Å². The number of ether oxygens (including phenoxy) is 1. The van der Waals surface area contributed by atoms with Gasteiger partial charge in [0, 0.05) is 58.5 Å². The van der Waals surface area contributed by atoms with Gasteiger partial charge in [-0.2, -0.15) is 0 Å². The molecule has 6 rings (SSSR count). The summed E-state index contributed by atoms with van der Waals surface area (Å²) >= 11 is 19.2. The zero-order valence-corrected chi connectivity index (χ0v) is 23.8. The van der Waals surface area contributed by atoms with Crippen LogP contribution in [0.3, 0.4) is 0 Å². The summed E-state index contributed by atoms with van der Waals surface area (Å²) in [6.45, 7) is 2.59. The zero-order chi connectivity index (χ0) is 28.2. The van der Waals surface area contributed by atoms with Gasteiger partial charge in [-0.25, -0.2) is 0 Å². The lowest BCUT2D eigenvalue weighted by Gasteiger charge is -2.46. The largest absolute Gasteiger partial charge is 0.488 e. The molecule has 0 aliphatic carbocycles. The first-order valence-corrected chi connectivity index (χ1v) is 14.2. The molecule has 0 bridgehead atoms. The van der Waals surface area contributed by atoms with Gasteiger partial charge >= 0.3 is 0 Å². The zero-order valence-electron chi connectivity index (χ0n) is 21.5. The van der Waals surface area contributed by atoms with Gasteiger partial charge in [0.1, 0.15) is 17.3 Å². The first kappa shape index (κ1) is 26.9. The third-order valence-corrected chi connectivity index (χ3v) is 8.87. The Bertz CT molecular complexity index is 1550. The molecule has 2 N–H and O–H groups in total. The number of carbonyl (C=O) groups excluding carboxylic acids is 3. The quantitative estimate of drug-likeness (QED) is 0.393. The number of likely N-dealkylation sites (tertiary alicyclic amines) is 1. The number of anilines is 1. The Kier molecular flexibility index (Phi) is 6.93. The molecule has 1 spiro atoms. The maximum absolute atomic E-state index is 14.3. The van der Waals surface area contributed by atoms with Crippen molar-refractivity contribution in [3.8, 4) is 5.75 Å². The van der Waals surface area contributed by atoms with E-state index in [1.54, 1.807) is 47.4 Å². The maximum atomic E-state index is 14.3. The van der Waals surface area contributed by atoms with Crippen LogP contribution in [0.4, 0.5) is 5.69 Å². The molecule has 4 atom stereocenters. The standard InChI is InChI=1S/C30H26Cl3N3O4/c1-16(37)36-10-9-21(15-36)40-26-8-6-19(32)12-22(26)28-30(23-7-5-20(33)13-25(23)34-29(30)39)24(14-27(38)35-28)17-3-2-4-18(31)11-17/h2-8,11-13,21,24,28H,9-10,14-15H2,1H3,(H,34,39)(H,35,38). The Hall–Kier alpha value is -3.26. The van der Waals surface area contributed by atoms with E-state index in [0.29, 0.717) is 57.1 Å². The first-order valence-electron chi connectivity index (χ1n) is 13.0. The smallest absolute Gasteiger partial charge is 0.238 e. The van der Waals surface area contributed by atoms with E-state index in [1.165, 1.54) is 6.92 Å². The highest BCUT2D eigenvalue weighted by Gasteiger charge is 2.61. The number of nitrogens with zero attached hydrogens (tertiary/aromatic N) is 1. The molecule has 40 heavy (non-hydrogen) atoms. The van der Waals surface area contributed by atoms with Gasteiger partial charge in [-0.3, -0.25) is 14.4 Å². The summed E-state index contributed by atoms with van der Waals surface area (Å²) in [5, 5.41) is 7.57. The highest BCUT2D eigenvalue weighted by Crippen LogP contribution is 2.58. The van der Waals surface area contributed by atoms with Crippen LogP contribution in [-0.2, 0) is 19.8 Å². The molecule has 3 aromatic carbocycles. The van der Waals surface area contributed by atoms with Crippen LogP contribution >= 0.6 is 34.8 Å². The number of benzene rings is 3. The lowest BCUT2D eigenvalue weighted by Crippen LogP contribution is -2.57. The number of halogens is 3. The van der Waals surface area contributed by atoms with Gasteiger partial charge in [-0.1, -0.05) is 53.0 Å². The molecule has 3 aliphatic heterocycles. The van der Waals surface area contributed by atoms with Crippen molar-refractivity contribution < 1.29 is 19.1 Å². The lowest BCUT2D eigenvalue weighted by molar-refractivity contribution is -0.131. The normalized spacial score (nSPS) is 25.5. The molecule has 3 aliphatic rings. The highest BCUT2D eigenvalue weighted by molar-refractivity contribution is 6.31. The van der Waals surface area contributed by atoms with Crippen LogP contribution in [0.25, 0.3) is 0 Å². The summed E-state index contributed by atoms with van der Waals surface area (Å²) in [5.41, 5.74) is 1.38. The van der Waals surface area contributed by atoms with Crippen LogP contribution in [0.15, 0.2) is 60.7 Å². The SMILES string of the molecule is CC(=O)N1CCC(Oc2ccc(Cl)cc2C2NC(=O)CC(c3cccc(Cl)c3)C23C(=O)Nc2cc(Cl)ccc23)C1. The van der Waals surface area contributed by atoms with Crippen molar-refractivity contribution in [3.05, 3.63) is 92.4 Å². The molecule has 10 heteroatoms. The summed E-state index contributed by atoms with van der Waals surface area (Å²) < 4.78 is 6.46. The maximum Gasteiger partial charge on any atom is 0.238 e. The third kappa shape index (κ3) is 4.50. The molecule has 7 nitrogen and oxygen atoms in total. The number of fused-ring (bicyclic) bond motifs is 2. The highest BCUT2D eigenvalue weighted by atomic mass is 35.5. The van der Waals surface area contributed by atoms with Crippen molar-refractivity contribution in [3.63, 3.8) is 0 Å². The fraction of sp³-hybridized carbons (Fsp3) is 0.300. The van der Waals surface area contributed by atoms with Gasteiger partial charge in [0.2, 0.25) is 17.7 Å². The summed E-state index contributed by atoms with van der Waals surface area (Å²) in [6, 6.07) is 16.9. The molecule has 0 aromatic heterocycles. The number of hydrogen-bond donors (Lipinski definition) is 2. The minimum atomic E-state index is -1.26. The van der Waals surface area contributed by atoms with Crippen LogP contribution in [-0.4, -0.2) is 41.8 Å². The van der Waals surface area contributed by atoms with Gasteiger partial charge < -0.3 is 20.3 Å².